The molecule has 5 heteroatoms. The van der Waals surface area contributed by atoms with Crippen LogP contribution in [0.1, 0.15) is 21.5 Å². The lowest BCUT2D eigenvalue weighted by Gasteiger charge is -2.06. The van der Waals surface area contributed by atoms with Crippen molar-refractivity contribution in [2.75, 3.05) is 6.54 Å². The number of carboxylic acids is 1. The first-order chi connectivity index (χ1) is 10.1. The second-order valence-corrected chi connectivity index (χ2v) is 4.64. The highest BCUT2D eigenvalue weighted by Gasteiger charge is 2.05. The molecular formula is C16H16N2O3. The molecule has 2 rings (SSSR count). The van der Waals surface area contributed by atoms with Gasteiger partial charge in [0.2, 0.25) is 5.91 Å². The van der Waals surface area contributed by atoms with Crippen LogP contribution in [0.2, 0.25) is 0 Å². The summed E-state index contributed by atoms with van der Waals surface area (Å²) in [5.41, 5.74) is 2.06. The molecule has 0 aliphatic heterocycles. The van der Waals surface area contributed by atoms with Gasteiger partial charge in [-0.05, 0) is 41.8 Å². The summed E-state index contributed by atoms with van der Waals surface area (Å²) in [6.45, 7) is 0.479. The van der Waals surface area contributed by atoms with Crippen molar-refractivity contribution in [3.05, 3.63) is 65.5 Å². The topological polar surface area (TPSA) is 79.3 Å². The number of nitrogens with zero attached hydrogens (tertiary/aromatic N) is 1. The molecule has 0 saturated heterocycles. The van der Waals surface area contributed by atoms with E-state index in [2.05, 4.69) is 10.3 Å². The van der Waals surface area contributed by atoms with Crippen molar-refractivity contribution < 1.29 is 14.7 Å². The number of rotatable bonds is 6. The van der Waals surface area contributed by atoms with E-state index in [0.29, 0.717) is 19.4 Å². The Balaban J connectivity index is 1.80. The Morgan fingerprint density at radius 1 is 1.10 bits per heavy atom. The van der Waals surface area contributed by atoms with Gasteiger partial charge in [0.15, 0.2) is 0 Å². The lowest BCUT2D eigenvalue weighted by atomic mass is 10.1. The second-order valence-electron chi connectivity index (χ2n) is 4.64. The number of nitrogens with one attached hydrogen (secondary N) is 1. The fraction of sp³-hybridized carbons (Fsp3) is 0.188. The van der Waals surface area contributed by atoms with Crippen LogP contribution < -0.4 is 5.32 Å². The SMILES string of the molecule is O=C(Cc1ccncc1)NCCc1cccc(C(=O)O)c1. The van der Waals surface area contributed by atoms with Crippen molar-refractivity contribution in [3.8, 4) is 0 Å². The summed E-state index contributed by atoms with van der Waals surface area (Å²) in [5.74, 6) is -1.01. The van der Waals surface area contributed by atoms with Crippen LogP contribution in [0.4, 0.5) is 0 Å². The van der Waals surface area contributed by atoms with Crippen LogP contribution in [0, 0.1) is 0 Å². The maximum Gasteiger partial charge on any atom is 0.335 e. The normalized spacial score (nSPS) is 10.1. The number of pyridine rings is 1. The van der Waals surface area contributed by atoms with Crippen LogP contribution in [-0.2, 0) is 17.6 Å². The number of aromatic nitrogens is 1. The largest absolute Gasteiger partial charge is 0.478 e. The Morgan fingerprint density at radius 3 is 2.57 bits per heavy atom. The molecule has 0 aliphatic carbocycles. The summed E-state index contributed by atoms with van der Waals surface area (Å²) in [7, 11) is 0. The molecule has 0 aliphatic rings. The summed E-state index contributed by atoms with van der Waals surface area (Å²) < 4.78 is 0. The first kappa shape index (κ1) is 14.7. The van der Waals surface area contributed by atoms with Crippen molar-refractivity contribution in [2.24, 2.45) is 0 Å². The molecule has 1 aromatic carbocycles. The quantitative estimate of drug-likeness (QED) is 0.846. The smallest absolute Gasteiger partial charge is 0.335 e. The molecule has 0 fully saturated rings. The van der Waals surface area contributed by atoms with Gasteiger partial charge in [0, 0.05) is 18.9 Å². The Labute approximate surface area is 122 Å². The number of benzene rings is 1. The maximum absolute atomic E-state index is 11.8. The van der Waals surface area contributed by atoms with Crippen molar-refractivity contribution >= 4 is 11.9 Å². The molecule has 0 unspecified atom stereocenters. The van der Waals surface area contributed by atoms with Crippen molar-refractivity contribution in [1.82, 2.24) is 10.3 Å². The van der Waals surface area contributed by atoms with Gasteiger partial charge >= 0.3 is 5.97 Å². The number of carboxylic acid groups (broad SMARTS) is 1. The Morgan fingerprint density at radius 2 is 1.86 bits per heavy atom. The number of hydrogen-bond donors (Lipinski definition) is 2. The van der Waals surface area contributed by atoms with Crippen LogP contribution in [0.25, 0.3) is 0 Å². The molecule has 1 amide bonds. The molecule has 2 aromatic rings. The van der Waals surface area contributed by atoms with Crippen molar-refractivity contribution in [2.45, 2.75) is 12.8 Å². The molecule has 2 N–H and O–H groups in total. The van der Waals surface area contributed by atoms with E-state index in [-0.39, 0.29) is 11.5 Å². The molecule has 0 atom stereocenters. The first-order valence-electron chi connectivity index (χ1n) is 6.63. The second kappa shape index (κ2) is 7.19. The highest BCUT2D eigenvalue weighted by Crippen LogP contribution is 2.05. The summed E-state index contributed by atoms with van der Waals surface area (Å²) in [4.78, 5) is 26.5. The highest BCUT2D eigenvalue weighted by molar-refractivity contribution is 5.87. The summed E-state index contributed by atoms with van der Waals surface area (Å²) in [6.07, 6.45) is 4.22. The zero-order valence-electron chi connectivity index (χ0n) is 11.5. The lowest BCUT2D eigenvalue weighted by Crippen LogP contribution is -2.27. The molecule has 0 saturated carbocycles. The first-order valence-corrected chi connectivity index (χ1v) is 6.63. The number of carbonyl (C=O) groups excluding carboxylic acids is 1. The number of carbonyl (C=O) groups is 2. The minimum Gasteiger partial charge on any atom is -0.478 e. The number of amides is 1. The molecule has 0 radical (unpaired) electrons. The molecule has 5 nitrogen and oxygen atoms in total. The Hall–Kier alpha value is -2.69. The van der Waals surface area contributed by atoms with E-state index in [0.717, 1.165) is 11.1 Å². The third kappa shape index (κ3) is 4.72. The van der Waals surface area contributed by atoms with E-state index < -0.39 is 5.97 Å². The van der Waals surface area contributed by atoms with E-state index in [4.69, 9.17) is 5.11 Å². The standard InChI is InChI=1S/C16H16N2O3/c19-15(11-13-4-7-17-8-5-13)18-9-6-12-2-1-3-14(10-12)16(20)21/h1-5,7-8,10H,6,9,11H2,(H,18,19)(H,20,21). The van der Waals surface area contributed by atoms with Gasteiger partial charge in [0.1, 0.15) is 0 Å². The minimum atomic E-state index is -0.946. The van der Waals surface area contributed by atoms with Crippen LogP contribution in [0.5, 0.6) is 0 Å². The summed E-state index contributed by atoms with van der Waals surface area (Å²) >= 11 is 0. The van der Waals surface area contributed by atoms with Gasteiger partial charge < -0.3 is 10.4 Å². The predicted octanol–water partition coefficient (Wildman–Crippen LogP) is 1.68. The number of hydrogen-bond acceptors (Lipinski definition) is 3. The molecule has 0 spiro atoms. The molecule has 21 heavy (non-hydrogen) atoms. The van der Waals surface area contributed by atoms with Gasteiger partial charge in [-0.1, -0.05) is 12.1 Å². The van der Waals surface area contributed by atoms with E-state index in [9.17, 15) is 9.59 Å². The van der Waals surface area contributed by atoms with E-state index in [1.165, 1.54) is 0 Å². The van der Waals surface area contributed by atoms with Gasteiger partial charge in [-0.2, -0.15) is 0 Å². The van der Waals surface area contributed by atoms with E-state index in [1.54, 1.807) is 42.7 Å². The monoisotopic (exact) mass is 284 g/mol. The van der Waals surface area contributed by atoms with Crippen molar-refractivity contribution in [3.63, 3.8) is 0 Å². The third-order valence-electron chi connectivity index (χ3n) is 3.02. The van der Waals surface area contributed by atoms with E-state index in [1.807, 2.05) is 6.07 Å². The van der Waals surface area contributed by atoms with Crippen LogP contribution in [0.15, 0.2) is 48.8 Å². The van der Waals surface area contributed by atoms with Gasteiger partial charge in [0.25, 0.3) is 0 Å². The number of aromatic carboxylic acids is 1. The van der Waals surface area contributed by atoms with E-state index >= 15 is 0 Å². The van der Waals surface area contributed by atoms with Crippen molar-refractivity contribution in [1.29, 1.82) is 0 Å². The summed E-state index contributed by atoms with van der Waals surface area (Å²) in [5, 5.41) is 11.7. The fourth-order valence-corrected chi connectivity index (χ4v) is 1.95. The Kier molecular flexibility index (Phi) is 5.04. The maximum atomic E-state index is 11.8. The van der Waals surface area contributed by atoms with Gasteiger partial charge in [-0.3, -0.25) is 9.78 Å². The zero-order chi connectivity index (χ0) is 15.1. The fourth-order valence-electron chi connectivity index (χ4n) is 1.95. The Bertz CT molecular complexity index is 626. The third-order valence-corrected chi connectivity index (χ3v) is 3.02. The average Bonchev–Trinajstić information content (AvgIpc) is 2.48. The molecule has 0 bridgehead atoms. The highest BCUT2D eigenvalue weighted by atomic mass is 16.4. The van der Waals surface area contributed by atoms with Gasteiger partial charge in [-0.15, -0.1) is 0 Å². The molecular weight excluding hydrogens is 268 g/mol. The molecule has 1 heterocycles. The van der Waals surface area contributed by atoms with Crippen LogP contribution >= 0.6 is 0 Å². The minimum absolute atomic E-state index is 0.0596. The predicted molar refractivity (Wildman–Crippen MR) is 78.1 cm³/mol. The average molecular weight is 284 g/mol. The zero-order valence-corrected chi connectivity index (χ0v) is 11.5. The van der Waals surface area contributed by atoms with Gasteiger partial charge in [-0.25, -0.2) is 4.79 Å². The van der Waals surface area contributed by atoms with Crippen LogP contribution in [-0.4, -0.2) is 28.5 Å². The van der Waals surface area contributed by atoms with Gasteiger partial charge in [0.05, 0.1) is 12.0 Å². The summed E-state index contributed by atoms with van der Waals surface area (Å²) in [6, 6.07) is 10.3. The van der Waals surface area contributed by atoms with Crippen LogP contribution in [0.3, 0.4) is 0 Å². The molecule has 108 valence electrons. The molecule has 1 aromatic heterocycles. The lowest BCUT2D eigenvalue weighted by molar-refractivity contribution is -0.120.